The molecule has 5 heteroatoms. The molecule has 3 heterocycles. The first kappa shape index (κ1) is 14.6. The van der Waals surface area contributed by atoms with Gasteiger partial charge in [-0.3, -0.25) is 0 Å². The van der Waals surface area contributed by atoms with Crippen molar-refractivity contribution in [2.75, 3.05) is 19.7 Å². The van der Waals surface area contributed by atoms with Gasteiger partial charge in [0.2, 0.25) is 0 Å². The molecular formula is C16H24N2O3. The second kappa shape index (κ2) is 6.20. The average molecular weight is 292 g/mol. The van der Waals surface area contributed by atoms with E-state index in [1.165, 1.54) is 0 Å². The maximum absolute atomic E-state index is 6.05. The molecule has 3 rings (SSSR count). The zero-order valence-electron chi connectivity index (χ0n) is 12.8. The Morgan fingerprint density at radius 2 is 2.19 bits per heavy atom. The zero-order chi connectivity index (χ0) is 14.7. The summed E-state index contributed by atoms with van der Waals surface area (Å²) < 4.78 is 17.9. The molecule has 21 heavy (non-hydrogen) atoms. The van der Waals surface area contributed by atoms with E-state index >= 15 is 0 Å². The molecule has 1 N–H and O–H groups in total. The molecule has 2 aliphatic rings. The highest BCUT2D eigenvalue weighted by Gasteiger charge is 2.42. The summed E-state index contributed by atoms with van der Waals surface area (Å²) in [4.78, 5) is 4.31. The summed E-state index contributed by atoms with van der Waals surface area (Å²) in [5.41, 5.74) is 0.00374. The molecule has 0 saturated carbocycles. The van der Waals surface area contributed by atoms with E-state index in [2.05, 4.69) is 10.3 Å². The first-order chi connectivity index (χ1) is 10.2. The van der Waals surface area contributed by atoms with Gasteiger partial charge in [0.05, 0.1) is 18.3 Å². The Balaban J connectivity index is 1.65. The van der Waals surface area contributed by atoms with Crippen molar-refractivity contribution in [2.24, 2.45) is 0 Å². The van der Waals surface area contributed by atoms with Crippen molar-refractivity contribution in [1.82, 2.24) is 10.3 Å². The minimum Gasteiger partial charge on any atom is -0.485 e. The van der Waals surface area contributed by atoms with Crippen LogP contribution in [0.2, 0.25) is 0 Å². The van der Waals surface area contributed by atoms with Crippen LogP contribution in [0.3, 0.4) is 0 Å². The number of pyridine rings is 1. The molecule has 0 aromatic carbocycles. The lowest BCUT2D eigenvalue weighted by Crippen LogP contribution is -2.41. The summed E-state index contributed by atoms with van der Waals surface area (Å²) in [5, 5.41) is 3.38. The number of hydrogen-bond acceptors (Lipinski definition) is 5. The number of nitrogens with zero attached hydrogens (tertiary/aromatic N) is 1. The number of nitrogens with one attached hydrogen (secondary N) is 1. The Bertz CT molecular complexity index is 472. The third-order valence-electron chi connectivity index (χ3n) is 4.07. The number of piperidine rings is 1. The lowest BCUT2D eigenvalue weighted by atomic mass is 9.89. The predicted octanol–water partition coefficient (Wildman–Crippen LogP) is 2.16. The van der Waals surface area contributed by atoms with E-state index in [9.17, 15) is 0 Å². The number of aromatic nitrogens is 1. The fraction of sp³-hybridized carbons (Fsp3) is 0.688. The SMILES string of the molecule is CC(C)Oc1cccnc1OC1COC2(CCNCC2)C1. The molecule has 0 radical (unpaired) electrons. The normalized spacial score (nSPS) is 24.4. The van der Waals surface area contributed by atoms with Crippen molar-refractivity contribution in [3.05, 3.63) is 18.3 Å². The minimum atomic E-state index is 0.00374. The fourth-order valence-electron chi connectivity index (χ4n) is 3.08. The highest BCUT2D eigenvalue weighted by atomic mass is 16.6. The number of rotatable bonds is 4. The van der Waals surface area contributed by atoms with Crippen LogP contribution in [0.15, 0.2) is 18.3 Å². The first-order valence-electron chi connectivity index (χ1n) is 7.80. The maximum Gasteiger partial charge on any atom is 0.257 e. The van der Waals surface area contributed by atoms with Crippen LogP contribution in [0.25, 0.3) is 0 Å². The molecule has 5 nitrogen and oxygen atoms in total. The van der Waals surface area contributed by atoms with E-state index in [-0.39, 0.29) is 17.8 Å². The second-order valence-corrected chi connectivity index (χ2v) is 6.16. The van der Waals surface area contributed by atoms with Gasteiger partial charge < -0.3 is 19.5 Å². The molecule has 2 aliphatic heterocycles. The Hall–Kier alpha value is -1.33. The van der Waals surface area contributed by atoms with Crippen LogP contribution in [0.4, 0.5) is 0 Å². The van der Waals surface area contributed by atoms with Gasteiger partial charge in [-0.15, -0.1) is 0 Å². The van der Waals surface area contributed by atoms with Gasteiger partial charge in [0.15, 0.2) is 5.75 Å². The van der Waals surface area contributed by atoms with Crippen molar-refractivity contribution in [3.8, 4) is 11.6 Å². The molecule has 0 aliphatic carbocycles. The van der Waals surface area contributed by atoms with Crippen LogP contribution in [-0.2, 0) is 4.74 Å². The van der Waals surface area contributed by atoms with Gasteiger partial charge in [-0.2, -0.15) is 0 Å². The molecule has 1 aromatic rings. The Labute approximate surface area is 126 Å². The molecule has 0 bridgehead atoms. The zero-order valence-corrected chi connectivity index (χ0v) is 12.8. The average Bonchev–Trinajstić information content (AvgIpc) is 2.84. The lowest BCUT2D eigenvalue weighted by Gasteiger charge is -2.32. The molecule has 2 fully saturated rings. The number of ether oxygens (including phenoxy) is 3. The second-order valence-electron chi connectivity index (χ2n) is 6.16. The van der Waals surface area contributed by atoms with Crippen molar-refractivity contribution >= 4 is 0 Å². The van der Waals surface area contributed by atoms with E-state index in [4.69, 9.17) is 14.2 Å². The molecule has 0 amide bonds. The smallest absolute Gasteiger partial charge is 0.257 e. The molecular weight excluding hydrogens is 268 g/mol. The molecule has 1 aromatic heterocycles. The van der Waals surface area contributed by atoms with Crippen molar-refractivity contribution < 1.29 is 14.2 Å². The van der Waals surface area contributed by atoms with E-state index in [0.29, 0.717) is 18.2 Å². The minimum absolute atomic E-state index is 0.00374. The highest BCUT2D eigenvalue weighted by Crippen LogP contribution is 2.36. The summed E-state index contributed by atoms with van der Waals surface area (Å²) in [6.07, 6.45) is 4.96. The summed E-state index contributed by atoms with van der Waals surface area (Å²) in [6, 6.07) is 3.77. The van der Waals surface area contributed by atoms with Crippen molar-refractivity contribution in [1.29, 1.82) is 0 Å². The molecule has 1 unspecified atom stereocenters. The standard InChI is InChI=1S/C16H24N2O3/c1-12(2)20-14-4-3-7-18-15(14)21-13-10-16(19-11-13)5-8-17-9-6-16/h3-4,7,12-13,17H,5-6,8-11H2,1-2H3. The topological polar surface area (TPSA) is 52.6 Å². The largest absolute Gasteiger partial charge is 0.485 e. The molecule has 1 atom stereocenters. The summed E-state index contributed by atoms with van der Waals surface area (Å²) in [6.45, 7) is 6.69. The first-order valence-corrected chi connectivity index (χ1v) is 7.80. The predicted molar refractivity (Wildman–Crippen MR) is 79.8 cm³/mol. The van der Waals surface area contributed by atoms with Crippen LogP contribution >= 0.6 is 0 Å². The van der Waals surface area contributed by atoms with E-state index in [1.54, 1.807) is 6.20 Å². The van der Waals surface area contributed by atoms with E-state index in [0.717, 1.165) is 32.4 Å². The summed E-state index contributed by atoms with van der Waals surface area (Å²) in [5.74, 6) is 1.28. The van der Waals surface area contributed by atoms with Gasteiger partial charge >= 0.3 is 0 Å². The Morgan fingerprint density at radius 3 is 2.95 bits per heavy atom. The third kappa shape index (κ3) is 3.47. The summed E-state index contributed by atoms with van der Waals surface area (Å²) in [7, 11) is 0. The van der Waals surface area contributed by atoms with E-state index < -0.39 is 0 Å². The van der Waals surface area contributed by atoms with Gasteiger partial charge in [-0.1, -0.05) is 0 Å². The summed E-state index contributed by atoms with van der Waals surface area (Å²) >= 11 is 0. The van der Waals surface area contributed by atoms with Crippen LogP contribution in [0, 0.1) is 0 Å². The van der Waals surface area contributed by atoms with Gasteiger partial charge in [0.1, 0.15) is 6.10 Å². The Kier molecular flexibility index (Phi) is 4.31. The quantitative estimate of drug-likeness (QED) is 0.921. The van der Waals surface area contributed by atoms with Gasteiger partial charge in [-0.25, -0.2) is 4.98 Å². The maximum atomic E-state index is 6.05. The Morgan fingerprint density at radius 1 is 1.38 bits per heavy atom. The van der Waals surface area contributed by atoms with Crippen LogP contribution in [0.5, 0.6) is 11.6 Å². The molecule has 116 valence electrons. The molecule has 2 saturated heterocycles. The van der Waals surface area contributed by atoms with Crippen LogP contribution in [-0.4, -0.2) is 42.5 Å². The van der Waals surface area contributed by atoms with Crippen LogP contribution < -0.4 is 14.8 Å². The van der Waals surface area contributed by atoms with Gasteiger partial charge in [-0.05, 0) is 51.9 Å². The lowest BCUT2D eigenvalue weighted by molar-refractivity contribution is -0.0206. The molecule has 1 spiro atoms. The highest BCUT2D eigenvalue weighted by molar-refractivity contribution is 5.33. The third-order valence-corrected chi connectivity index (χ3v) is 4.07. The fourth-order valence-corrected chi connectivity index (χ4v) is 3.08. The van der Waals surface area contributed by atoms with Gasteiger partial charge in [0.25, 0.3) is 5.88 Å². The van der Waals surface area contributed by atoms with Crippen LogP contribution in [0.1, 0.15) is 33.1 Å². The number of hydrogen-bond donors (Lipinski definition) is 1. The monoisotopic (exact) mass is 292 g/mol. The van der Waals surface area contributed by atoms with Crippen molar-refractivity contribution in [3.63, 3.8) is 0 Å². The van der Waals surface area contributed by atoms with Crippen molar-refractivity contribution in [2.45, 2.75) is 50.9 Å². The van der Waals surface area contributed by atoms with E-state index in [1.807, 2.05) is 26.0 Å². The van der Waals surface area contributed by atoms with Gasteiger partial charge in [0, 0.05) is 12.6 Å².